The lowest BCUT2D eigenvalue weighted by atomic mass is 10.3. The fourth-order valence-corrected chi connectivity index (χ4v) is 2.19. The molecule has 18 heavy (non-hydrogen) atoms. The number of halogens is 1. The van der Waals surface area contributed by atoms with E-state index in [0.29, 0.717) is 22.4 Å². The Morgan fingerprint density at radius 3 is 2.89 bits per heavy atom. The lowest BCUT2D eigenvalue weighted by Crippen LogP contribution is -1.97. The predicted octanol–water partition coefficient (Wildman–Crippen LogP) is 3.25. The van der Waals surface area contributed by atoms with Crippen molar-refractivity contribution >= 4 is 17.4 Å². The summed E-state index contributed by atoms with van der Waals surface area (Å²) in [4.78, 5) is 4.81. The first-order valence-electron chi connectivity index (χ1n) is 5.42. The zero-order valence-electron chi connectivity index (χ0n) is 10.1. The van der Waals surface area contributed by atoms with Crippen molar-refractivity contribution in [3.05, 3.63) is 29.9 Å². The zero-order chi connectivity index (χ0) is 13.1. The van der Waals surface area contributed by atoms with Crippen LogP contribution in [-0.4, -0.2) is 11.6 Å². The van der Waals surface area contributed by atoms with E-state index in [1.54, 1.807) is 19.3 Å². The monoisotopic (exact) mass is 268 g/mol. The van der Waals surface area contributed by atoms with Crippen LogP contribution in [0.25, 0.3) is 0 Å². The highest BCUT2D eigenvalue weighted by Crippen LogP contribution is 2.35. The van der Waals surface area contributed by atoms with Crippen LogP contribution in [-0.2, 0) is 0 Å². The summed E-state index contributed by atoms with van der Waals surface area (Å²) in [5, 5.41) is 0.466. The predicted molar refractivity (Wildman–Crippen MR) is 67.3 cm³/mol. The molecule has 2 N–H and O–H groups in total. The first-order chi connectivity index (χ1) is 8.60. The van der Waals surface area contributed by atoms with Crippen molar-refractivity contribution in [2.75, 3.05) is 12.3 Å². The average molecular weight is 268 g/mol. The minimum atomic E-state index is -0.470. The number of aryl methyl sites for hydroxylation is 1. The van der Waals surface area contributed by atoms with Crippen LogP contribution < -0.4 is 10.5 Å². The zero-order valence-corrected chi connectivity index (χ0v) is 10.9. The Labute approximate surface area is 108 Å². The molecule has 0 radical (unpaired) electrons. The SMILES string of the molecule is CCOc1cc(Sc2nc(C)co2)c(N)cc1F. The number of benzene rings is 1. The summed E-state index contributed by atoms with van der Waals surface area (Å²) < 4.78 is 23.9. The molecule has 0 saturated carbocycles. The third-order valence-corrected chi connectivity index (χ3v) is 3.09. The van der Waals surface area contributed by atoms with Gasteiger partial charge in [-0.1, -0.05) is 0 Å². The van der Waals surface area contributed by atoms with Gasteiger partial charge in [-0.25, -0.2) is 9.37 Å². The maximum atomic E-state index is 13.5. The van der Waals surface area contributed by atoms with Crippen LogP contribution in [0.4, 0.5) is 10.1 Å². The Bertz CT molecular complexity index is 557. The molecule has 0 spiro atoms. The van der Waals surface area contributed by atoms with Gasteiger partial charge in [0.05, 0.1) is 12.3 Å². The van der Waals surface area contributed by atoms with Crippen LogP contribution in [0.1, 0.15) is 12.6 Å². The van der Waals surface area contributed by atoms with Gasteiger partial charge in [0.25, 0.3) is 5.22 Å². The minimum absolute atomic E-state index is 0.178. The molecule has 96 valence electrons. The molecule has 0 aliphatic heterocycles. The van der Waals surface area contributed by atoms with Crippen LogP contribution in [0, 0.1) is 12.7 Å². The highest BCUT2D eigenvalue weighted by atomic mass is 32.2. The van der Waals surface area contributed by atoms with E-state index in [0.717, 1.165) is 5.69 Å². The first kappa shape index (κ1) is 12.8. The van der Waals surface area contributed by atoms with Crippen LogP contribution in [0.3, 0.4) is 0 Å². The molecule has 0 amide bonds. The number of nitrogens with two attached hydrogens (primary N) is 1. The van der Waals surface area contributed by atoms with Gasteiger partial charge in [-0.2, -0.15) is 0 Å². The van der Waals surface area contributed by atoms with Crippen molar-refractivity contribution in [3.63, 3.8) is 0 Å². The summed E-state index contributed by atoms with van der Waals surface area (Å²) in [7, 11) is 0. The Morgan fingerprint density at radius 2 is 2.28 bits per heavy atom. The average Bonchev–Trinajstić information content (AvgIpc) is 2.71. The van der Waals surface area contributed by atoms with Gasteiger partial charge >= 0.3 is 0 Å². The summed E-state index contributed by atoms with van der Waals surface area (Å²) in [5.41, 5.74) is 6.87. The van der Waals surface area contributed by atoms with Gasteiger partial charge in [0.15, 0.2) is 11.6 Å². The van der Waals surface area contributed by atoms with E-state index in [1.165, 1.54) is 17.8 Å². The maximum Gasteiger partial charge on any atom is 0.260 e. The molecular formula is C12H13FN2O2S. The molecule has 1 aromatic heterocycles. The lowest BCUT2D eigenvalue weighted by molar-refractivity contribution is 0.321. The molecule has 1 aromatic carbocycles. The van der Waals surface area contributed by atoms with Gasteiger partial charge in [-0.05, 0) is 31.7 Å². The normalized spacial score (nSPS) is 10.6. The van der Waals surface area contributed by atoms with Crippen LogP contribution in [0.15, 0.2) is 32.9 Å². The molecule has 1 heterocycles. The van der Waals surface area contributed by atoms with E-state index in [2.05, 4.69) is 4.98 Å². The molecule has 2 rings (SSSR count). The Kier molecular flexibility index (Phi) is 3.76. The molecular weight excluding hydrogens is 255 g/mol. The fourth-order valence-electron chi connectivity index (χ4n) is 1.38. The second-order valence-electron chi connectivity index (χ2n) is 3.61. The molecule has 0 saturated heterocycles. The van der Waals surface area contributed by atoms with Crippen molar-refractivity contribution in [2.24, 2.45) is 0 Å². The number of oxazole rings is 1. The largest absolute Gasteiger partial charge is 0.491 e. The molecule has 0 atom stereocenters. The number of ether oxygens (including phenoxy) is 1. The van der Waals surface area contributed by atoms with Crippen LogP contribution in [0.2, 0.25) is 0 Å². The molecule has 2 aromatic rings. The third kappa shape index (κ3) is 2.76. The van der Waals surface area contributed by atoms with Gasteiger partial charge in [-0.3, -0.25) is 0 Å². The summed E-state index contributed by atoms with van der Waals surface area (Å²) in [6.07, 6.45) is 1.55. The number of nitrogen functional groups attached to an aromatic ring is 1. The number of aromatic nitrogens is 1. The maximum absolute atomic E-state index is 13.5. The quantitative estimate of drug-likeness (QED) is 0.862. The summed E-state index contributed by atoms with van der Waals surface area (Å²) >= 11 is 1.23. The molecule has 0 bridgehead atoms. The van der Waals surface area contributed by atoms with Gasteiger partial charge in [0.2, 0.25) is 0 Å². The van der Waals surface area contributed by atoms with Crippen molar-refractivity contribution in [2.45, 2.75) is 24.0 Å². The number of hydrogen-bond donors (Lipinski definition) is 1. The van der Waals surface area contributed by atoms with Gasteiger partial charge in [0, 0.05) is 16.6 Å². The fraction of sp³-hybridized carbons (Fsp3) is 0.250. The molecule has 0 unspecified atom stereocenters. The van der Waals surface area contributed by atoms with Gasteiger partial charge < -0.3 is 14.9 Å². The van der Waals surface area contributed by atoms with E-state index >= 15 is 0 Å². The van der Waals surface area contributed by atoms with Crippen molar-refractivity contribution < 1.29 is 13.5 Å². The van der Waals surface area contributed by atoms with Crippen molar-refractivity contribution in [3.8, 4) is 5.75 Å². The number of rotatable bonds is 4. The molecule has 0 aliphatic carbocycles. The highest BCUT2D eigenvalue weighted by Gasteiger charge is 2.12. The van der Waals surface area contributed by atoms with E-state index in [-0.39, 0.29) is 5.75 Å². The van der Waals surface area contributed by atoms with Gasteiger partial charge in [-0.15, -0.1) is 0 Å². The third-order valence-electron chi connectivity index (χ3n) is 2.16. The summed E-state index contributed by atoms with van der Waals surface area (Å²) in [5.74, 6) is -0.292. The Balaban J connectivity index is 2.29. The summed E-state index contributed by atoms with van der Waals surface area (Å²) in [6, 6.07) is 2.79. The van der Waals surface area contributed by atoms with E-state index in [9.17, 15) is 4.39 Å². The number of anilines is 1. The van der Waals surface area contributed by atoms with E-state index in [1.807, 2.05) is 6.92 Å². The Morgan fingerprint density at radius 1 is 1.50 bits per heavy atom. The second-order valence-corrected chi connectivity index (χ2v) is 4.60. The van der Waals surface area contributed by atoms with E-state index in [4.69, 9.17) is 14.9 Å². The second kappa shape index (κ2) is 5.30. The molecule has 0 aliphatic rings. The topological polar surface area (TPSA) is 61.3 Å². The molecule has 6 heteroatoms. The first-order valence-corrected chi connectivity index (χ1v) is 6.23. The summed E-state index contributed by atoms with van der Waals surface area (Å²) in [6.45, 7) is 4.01. The Hall–Kier alpha value is -1.69. The number of nitrogens with zero attached hydrogens (tertiary/aromatic N) is 1. The number of hydrogen-bond acceptors (Lipinski definition) is 5. The van der Waals surface area contributed by atoms with Gasteiger partial charge in [0.1, 0.15) is 6.26 Å². The van der Waals surface area contributed by atoms with Crippen molar-refractivity contribution in [1.29, 1.82) is 0 Å². The molecule has 0 fully saturated rings. The standard InChI is InChI=1S/C12H13FN2O2S/c1-3-16-10-5-11(9(14)4-8(10)13)18-12-15-7(2)6-17-12/h4-6H,3,14H2,1-2H3. The molecule has 4 nitrogen and oxygen atoms in total. The lowest BCUT2D eigenvalue weighted by Gasteiger charge is -2.08. The minimum Gasteiger partial charge on any atom is -0.491 e. The van der Waals surface area contributed by atoms with Crippen LogP contribution in [0.5, 0.6) is 5.75 Å². The van der Waals surface area contributed by atoms with Crippen LogP contribution >= 0.6 is 11.8 Å². The van der Waals surface area contributed by atoms with E-state index < -0.39 is 5.82 Å². The highest BCUT2D eigenvalue weighted by molar-refractivity contribution is 7.99. The smallest absolute Gasteiger partial charge is 0.260 e. The van der Waals surface area contributed by atoms with Crippen molar-refractivity contribution in [1.82, 2.24) is 4.98 Å².